The van der Waals surface area contributed by atoms with Crippen molar-refractivity contribution < 1.29 is 32.5 Å². The zero-order valence-corrected chi connectivity index (χ0v) is 28.3. The lowest BCUT2D eigenvalue weighted by atomic mass is 9.84. The molecule has 1 heterocycles. The summed E-state index contributed by atoms with van der Waals surface area (Å²) in [6, 6.07) is 29.0. The average molecular weight is 699 g/mol. The van der Waals surface area contributed by atoms with E-state index < -0.39 is 33.1 Å². The van der Waals surface area contributed by atoms with Crippen LogP contribution in [0.5, 0.6) is 11.5 Å². The minimum absolute atomic E-state index is 0.000876. The highest BCUT2D eigenvalue weighted by Crippen LogP contribution is 2.45. The van der Waals surface area contributed by atoms with E-state index in [0.29, 0.717) is 48.6 Å². The van der Waals surface area contributed by atoms with Crippen molar-refractivity contribution in [3.05, 3.63) is 130 Å². The van der Waals surface area contributed by atoms with Crippen molar-refractivity contribution in [2.24, 2.45) is 10.1 Å². The first kappa shape index (κ1) is 35.9. The summed E-state index contributed by atoms with van der Waals surface area (Å²) < 4.78 is 44.8. The molecule has 4 aromatic rings. The number of azide groups is 1. The van der Waals surface area contributed by atoms with Crippen molar-refractivity contribution in [3.63, 3.8) is 0 Å². The lowest BCUT2D eigenvalue weighted by Gasteiger charge is -2.31. The minimum atomic E-state index is -3.87. The van der Waals surface area contributed by atoms with Gasteiger partial charge >= 0.3 is 0 Å². The quantitative estimate of drug-likeness (QED) is 0.0431. The van der Waals surface area contributed by atoms with Gasteiger partial charge in [-0.25, -0.2) is 18.8 Å². The number of nitrogens with zero attached hydrogens (tertiary/aromatic N) is 4. The van der Waals surface area contributed by atoms with Crippen molar-refractivity contribution in [1.29, 1.82) is 0 Å². The van der Waals surface area contributed by atoms with Crippen molar-refractivity contribution >= 4 is 27.3 Å². The molecule has 0 aliphatic carbocycles. The van der Waals surface area contributed by atoms with E-state index in [1.165, 1.54) is 12.1 Å². The van der Waals surface area contributed by atoms with E-state index in [1.807, 2.05) is 24.3 Å². The number of hydrogen-bond donors (Lipinski definition) is 3. The molecule has 0 bridgehead atoms. The van der Waals surface area contributed by atoms with Gasteiger partial charge in [0.15, 0.2) is 21.5 Å². The van der Waals surface area contributed by atoms with Crippen LogP contribution in [0.2, 0.25) is 0 Å². The molecule has 0 unspecified atom stereocenters. The summed E-state index contributed by atoms with van der Waals surface area (Å²) in [6.07, 6.45) is -0.464. The van der Waals surface area contributed by atoms with E-state index in [1.54, 1.807) is 73.8 Å². The fourth-order valence-corrected chi connectivity index (χ4v) is 6.98. The number of aliphatic imine (C=N–C) groups is 1. The standard InChI is InChI=1S/C36H38N6O7S/c1-47-32-15-8-5-10-26(32)20-22-38-41-35(44)36(21-25-50(45,46)29-11-3-2-4-12-29)33(30-13-6-7-14-31(30)40-42-37)49-34(39-36)27-16-18-28(19-17-27)48-24-9-23-43/h2-8,10-19,33,38,43H,9,20-25H2,1H3,(H,41,44)/t33-,36-/m0/s1. The third kappa shape index (κ3) is 8.41. The van der Waals surface area contributed by atoms with Gasteiger partial charge in [-0.15, -0.1) is 0 Å². The number of aliphatic hydroxyl groups excluding tert-OH is 1. The van der Waals surface area contributed by atoms with E-state index in [4.69, 9.17) is 24.3 Å². The van der Waals surface area contributed by atoms with Crippen LogP contribution in [-0.4, -0.2) is 63.5 Å². The van der Waals surface area contributed by atoms with E-state index in [9.17, 15) is 18.7 Å². The number of methoxy groups -OCH3 is 1. The number of benzene rings is 4. The van der Waals surface area contributed by atoms with Crippen LogP contribution in [0.15, 0.2) is 118 Å². The van der Waals surface area contributed by atoms with Gasteiger partial charge in [0.05, 0.1) is 24.4 Å². The largest absolute Gasteiger partial charge is 0.496 e. The van der Waals surface area contributed by atoms with Crippen molar-refractivity contribution in [2.45, 2.75) is 35.8 Å². The zero-order valence-electron chi connectivity index (χ0n) is 27.4. The molecule has 50 heavy (non-hydrogen) atoms. The second-order valence-corrected chi connectivity index (χ2v) is 13.5. The van der Waals surface area contributed by atoms with Gasteiger partial charge in [0.2, 0.25) is 5.90 Å². The van der Waals surface area contributed by atoms with Crippen molar-refractivity contribution in [2.75, 3.05) is 32.6 Å². The maximum atomic E-state index is 14.5. The Balaban J connectivity index is 1.53. The third-order valence-electron chi connectivity index (χ3n) is 8.17. The lowest BCUT2D eigenvalue weighted by Crippen LogP contribution is -2.53. The van der Waals surface area contributed by atoms with Gasteiger partial charge in [0.25, 0.3) is 5.91 Å². The number of para-hydroxylation sites is 1. The average Bonchev–Trinajstić information content (AvgIpc) is 3.54. The van der Waals surface area contributed by atoms with E-state index in [0.717, 1.165) is 5.56 Å². The third-order valence-corrected chi connectivity index (χ3v) is 9.90. The molecule has 0 spiro atoms. The first-order valence-electron chi connectivity index (χ1n) is 16.0. The molecule has 0 aromatic heterocycles. The van der Waals surface area contributed by atoms with Crippen LogP contribution in [0.25, 0.3) is 10.4 Å². The van der Waals surface area contributed by atoms with Gasteiger partial charge in [-0.3, -0.25) is 10.2 Å². The Morgan fingerprint density at radius 3 is 2.48 bits per heavy atom. The van der Waals surface area contributed by atoms with Crippen LogP contribution < -0.4 is 20.3 Å². The minimum Gasteiger partial charge on any atom is -0.496 e. The summed E-state index contributed by atoms with van der Waals surface area (Å²) in [5.74, 6) is 0.280. The van der Waals surface area contributed by atoms with Crippen LogP contribution in [-0.2, 0) is 25.8 Å². The molecule has 1 aliphatic heterocycles. The van der Waals surface area contributed by atoms with Crippen LogP contribution in [0, 0.1) is 0 Å². The molecular formula is C36H38N6O7S. The lowest BCUT2D eigenvalue weighted by molar-refractivity contribution is -0.130. The number of hydrogen-bond acceptors (Lipinski definition) is 10. The molecule has 0 saturated carbocycles. The summed E-state index contributed by atoms with van der Waals surface area (Å²) in [5, 5.41) is 12.9. The molecule has 0 saturated heterocycles. The number of carbonyl (C=O) groups is 1. The highest BCUT2D eigenvalue weighted by molar-refractivity contribution is 7.91. The molecule has 1 amide bonds. The molecule has 4 aromatic carbocycles. The van der Waals surface area contributed by atoms with Gasteiger partial charge in [-0.1, -0.05) is 65.8 Å². The maximum absolute atomic E-state index is 14.5. The van der Waals surface area contributed by atoms with Gasteiger partial charge in [-0.05, 0) is 60.0 Å². The van der Waals surface area contributed by atoms with E-state index >= 15 is 0 Å². The molecule has 14 heteroatoms. The summed E-state index contributed by atoms with van der Waals surface area (Å²) in [4.78, 5) is 22.4. The molecule has 2 atom stereocenters. The van der Waals surface area contributed by atoms with E-state index in [-0.39, 0.29) is 29.5 Å². The number of nitrogens with one attached hydrogen (secondary N) is 2. The highest BCUT2D eigenvalue weighted by atomic mass is 32.2. The number of ether oxygens (including phenoxy) is 3. The van der Waals surface area contributed by atoms with Gasteiger partial charge in [-0.2, -0.15) is 0 Å². The predicted molar refractivity (Wildman–Crippen MR) is 188 cm³/mol. The molecule has 0 radical (unpaired) electrons. The second-order valence-electron chi connectivity index (χ2n) is 11.4. The Labute approximate surface area is 290 Å². The molecule has 3 N–H and O–H groups in total. The molecule has 1 aliphatic rings. The maximum Gasteiger partial charge on any atom is 0.266 e. The highest BCUT2D eigenvalue weighted by Gasteiger charge is 2.54. The van der Waals surface area contributed by atoms with Crippen LogP contribution >= 0.6 is 0 Å². The Morgan fingerprint density at radius 1 is 1.02 bits per heavy atom. The van der Waals surface area contributed by atoms with Crippen LogP contribution in [0.3, 0.4) is 0 Å². The summed E-state index contributed by atoms with van der Waals surface area (Å²) in [5.41, 5.74) is 15.2. The first-order chi connectivity index (χ1) is 24.3. The Morgan fingerprint density at radius 2 is 1.74 bits per heavy atom. The normalized spacial score (nSPS) is 16.8. The summed E-state index contributed by atoms with van der Waals surface area (Å²) in [7, 11) is -2.28. The number of carbonyl (C=O) groups excluding carboxylic acids is 1. The summed E-state index contributed by atoms with van der Waals surface area (Å²) in [6.45, 7) is 0.648. The molecule has 260 valence electrons. The van der Waals surface area contributed by atoms with Gasteiger partial charge < -0.3 is 19.3 Å². The molecular weight excluding hydrogens is 660 g/mol. The topological polar surface area (TPSA) is 184 Å². The SMILES string of the molecule is COc1ccccc1CCNNC(=O)[C@@]1(CCS(=O)(=O)c2ccccc2)N=C(c2ccc(OCCCO)cc2)O[C@H]1c1ccccc1N=[N+]=[N-]. The first-order valence-corrected chi connectivity index (χ1v) is 17.6. The molecule has 13 nitrogen and oxygen atoms in total. The number of aliphatic hydroxyl groups is 1. The predicted octanol–water partition coefficient (Wildman–Crippen LogP) is 5.38. The Hall–Kier alpha value is -5.40. The Kier molecular flexibility index (Phi) is 12.1. The smallest absolute Gasteiger partial charge is 0.266 e. The number of sulfone groups is 1. The number of amides is 1. The Bertz CT molecular complexity index is 1950. The monoisotopic (exact) mass is 698 g/mol. The molecule has 0 fully saturated rings. The van der Waals surface area contributed by atoms with Crippen molar-refractivity contribution in [1.82, 2.24) is 10.9 Å². The summed E-state index contributed by atoms with van der Waals surface area (Å²) >= 11 is 0. The molecule has 5 rings (SSSR count). The van der Waals surface area contributed by atoms with Crippen LogP contribution in [0.4, 0.5) is 5.69 Å². The second kappa shape index (κ2) is 16.8. The fourth-order valence-electron chi connectivity index (χ4n) is 5.59. The van der Waals surface area contributed by atoms with Crippen LogP contribution in [0.1, 0.15) is 35.6 Å². The van der Waals surface area contributed by atoms with Crippen molar-refractivity contribution in [3.8, 4) is 11.5 Å². The fraction of sp³-hybridized carbons (Fsp3) is 0.278. The van der Waals surface area contributed by atoms with E-state index in [2.05, 4.69) is 20.9 Å². The van der Waals surface area contributed by atoms with Gasteiger partial charge in [0.1, 0.15) is 11.5 Å². The number of rotatable bonds is 17. The zero-order chi connectivity index (χ0) is 35.4. The van der Waals surface area contributed by atoms with Gasteiger partial charge in [0, 0.05) is 47.7 Å². The number of hydrazine groups is 1.